The Morgan fingerprint density at radius 1 is 1.29 bits per heavy atom. The van der Waals surface area contributed by atoms with Crippen LogP contribution in [0.4, 0.5) is 0 Å². The Labute approximate surface area is 105 Å². The van der Waals surface area contributed by atoms with Crippen LogP contribution < -0.4 is 5.32 Å². The number of nitrogens with zero attached hydrogens (tertiary/aromatic N) is 1. The van der Waals surface area contributed by atoms with Crippen LogP contribution in [0.25, 0.3) is 0 Å². The van der Waals surface area contributed by atoms with Crippen molar-refractivity contribution in [3.8, 4) is 0 Å². The molecule has 1 aliphatic heterocycles. The molecule has 0 aliphatic carbocycles. The van der Waals surface area contributed by atoms with Crippen molar-refractivity contribution in [3.63, 3.8) is 0 Å². The minimum absolute atomic E-state index is 0.679. The van der Waals surface area contributed by atoms with Crippen LogP contribution in [0.1, 0.15) is 25.8 Å². The molecule has 1 fully saturated rings. The van der Waals surface area contributed by atoms with Crippen molar-refractivity contribution in [3.05, 3.63) is 35.9 Å². The predicted octanol–water partition coefficient (Wildman–Crippen LogP) is 2.51. The summed E-state index contributed by atoms with van der Waals surface area (Å²) in [6.07, 6.45) is 1.33. The molecule has 0 amide bonds. The number of rotatable bonds is 5. The Hall–Kier alpha value is -0.860. The van der Waals surface area contributed by atoms with Crippen molar-refractivity contribution in [2.24, 2.45) is 5.92 Å². The van der Waals surface area contributed by atoms with Gasteiger partial charge in [0.2, 0.25) is 0 Å². The van der Waals surface area contributed by atoms with Gasteiger partial charge in [0.25, 0.3) is 0 Å². The van der Waals surface area contributed by atoms with Gasteiger partial charge in [-0.3, -0.25) is 4.90 Å². The molecule has 1 aromatic carbocycles. The zero-order valence-electron chi connectivity index (χ0n) is 11.0. The van der Waals surface area contributed by atoms with E-state index in [2.05, 4.69) is 54.4 Å². The Bertz CT molecular complexity index is 323. The second kappa shape index (κ2) is 6.18. The van der Waals surface area contributed by atoms with E-state index in [4.69, 9.17) is 0 Å². The average molecular weight is 232 g/mol. The van der Waals surface area contributed by atoms with Crippen molar-refractivity contribution >= 4 is 0 Å². The molecule has 1 N–H and O–H groups in total. The lowest BCUT2D eigenvalue weighted by Gasteiger charge is -2.26. The molecule has 0 aromatic heterocycles. The largest absolute Gasteiger partial charge is 0.312 e. The summed E-state index contributed by atoms with van der Waals surface area (Å²) in [7, 11) is 0. The summed E-state index contributed by atoms with van der Waals surface area (Å²) in [5.74, 6) is 0.819. The average Bonchev–Trinajstić information content (AvgIpc) is 2.75. The maximum absolute atomic E-state index is 3.62. The highest BCUT2D eigenvalue weighted by Gasteiger charge is 2.24. The monoisotopic (exact) mass is 232 g/mol. The molecule has 0 bridgehead atoms. The summed E-state index contributed by atoms with van der Waals surface area (Å²) in [5, 5.41) is 3.62. The maximum atomic E-state index is 3.62. The molecule has 2 heteroatoms. The Morgan fingerprint density at radius 3 is 2.65 bits per heavy atom. The van der Waals surface area contributed by atoms with Crippen molar-refractivity contribution in [2.75, 3.05) is 19.6 Å². The lowest BCUT2D eigenvalue weighted by molar-refractivity contribution is 0.237. The summed E-state index contributed by atoms with van der Waals surface area (Å²) in [6, 6.07) is 11.4. The van der Waals surface area contributed by atoms with Crippen molar-refractivity contribution in [2.45, 2.75) is 32.9 Å². The molecule has 0 spiro atoms. The molecule has 0 saturated carbocycles. The summed E-state index contributed by atoms with van der Waals surface area (Å²) < 4.78 is 0. The third-order valence-corrected chi connectivity index (χ3v) is 3.84. The fraction of sp³-hybridized carbons (Fsp3) is 0.600. The Kier molecular flexibility index (Phi) is 4.57. The fourth-order valence-electron chi connectivity index (χ4n) is 2.57. The summed E-state index contributed by atoms with van der Waals surface area (Å²) in [6.45, 7) is 9.17. The smallest absolute Gasteiger partial charge is 0.0234 e. The molecule has 1 saturated heterocycles. The molecular formula is C15H24N2. The van der Waals surface area contributed by atoms with E-state index < -0.39 is 0 Å². The molecule has 2 atom stereocenters. The number of benzene rings is 1. The lowest BCUT2D eigenvalue weighted by Crippen LogP contribution is -2.39. The van der Waals surface area contributed by atoms with Gasteiger partial charge >= 0.3 is 0 Å². The molecule has 2 unspecified atom stereocenters. The van der Waals surface area contributed by atoms with Crippen molar-refractivity contribution in [1.82, 2.24) is 10.2 Å². The molecule has 1 heterocycles. The molecule has 94 valence electrons. The van der Waals surface area contributed by atoms with Crippen LogP contribution in [0.15, 0.2) is 30.3 Å². The van der Waals surface area contributed by atoms with E-state index in [0.717, 1.165) is 19.0 Å². The first-order valence-corrected chi connectivity index (χ1v) is 6.79. The van der Waals surface area contributed by atoms with E-state index in [9.17, 15) is 0 Å². The van der Waals surface area contributed by atoms with Crippen LogP contribution in [0.3, 0.4) is 0 Å². The summed E-state index contributed by atoms with van der Waals surface area (Å²) in [4.78, 5) is 2.54. The molecule has 1 aliphatic rings. The molecule has 0 radical (unpaired) electrons. The molecular weight excluding hydrogens is 208 g/mol. The fourth-order valence-corrected chi connectivity index (χ4v) is 2.57. The maximum Gasteiger partial charge on any atom is 0.0234 e. The van der Waals surface area contributed by atoms with Crippen LogP contribution >= 0.6 is 0 Å². The van der Waals surface area contributed by atoms with Crippen LogP contribution in [0.5, 0.6) is 0 Å². The predicted molar refractivity (Wildman–Crippen MR) is 73.0 cm³/mol. The zero-order chi connectivity index (χ0) is 12.1. The second-order valence-corrected chi connectivity index (χ2v) is 5.14. The third-order valence-electron chi connectivity index (χ3n) is 3.84. The number of hydrogen-bond acceptors (Lipinski definition) is 2. The minimum atomic E-state index is 0.679. The van der Waals surface area contributed by atoms with Crippen LogP contribution in [0, 0.1) is 5.92 Å². The van der Waals surface area contributed by atoms with Crippen LogP contribution in [-0.2, 0) is 6.54 Å². The first-order valence-electron chi connectivity index (χ1n) is 6.79. The van der Waals surface area contributed by atoms with Crippen LogP contribution in [0.2, 0.25) is 0 Å². The molecule has 1 aromatic rings. The Balaban J connectivity index is 1.88. The van der Waals surface area contributed by atoms with E-state index >= 15 is 0 Å². The van der Waals surface area contributed by atoms with E-state index in [1.807, 2.05) is 0 Å². The van der Waals surface area contributed by atoms with Gasteiger partial charge in [-0.1, -0.05) is 44.2 Å². The highest BCUT2D eigenvalue weighted by Crippen LogP contribution is 2.16. The first-order chi connectivity index (χ1) is 8.29. The van der Waals surface area contributed by atoms with Gasteiger partial charge in [0, 0.05) is 19.1 Å². The standard InChI is InChI=1S/C15H24N2/c1-3-17(11-14-7-5-4-6-8-14)12-15-13(2)9-10-16-15/h4-8,13,15-16H,3,9-12H2,1-2H3. The van der Waals surface area contributed by atoms with Gasteiger partial charge in [0.05, 0.1) is 0 Å². The van der Waals surface area contributed by atoms with Crippen LogP contribution in [-0.4, -0.2) is 30.6 Å². The van der Waals surface area contributed by atoms with Gasteiger partial charge in [-0.05, 0) is 31.0 Å². The highest BCUT2D eigenvalue weighted by atomic mass is 15.1. The summed E-state index contributed by atoms with van der Waals surface area (Å²) in [5.41, 5.74) is 1.42. The van der Waals surface area contributed by atoms with E-state index in [0.29, 0.717) is 6.04 Å². The van der Waals surface area contributed by atoms with Gasteiger partial charge in [0.1, 0.15) is 0 Å². The van der Waals surface area contributed by atoms with Crippen molar-refractivity contribution in [1.29, 1.82) is 0 Å². The van der Waals surface area contributed by atoms with E-state index in [1.165, 1.54) is 25.1 Å². The first kappa shape index (κ1) is 12.6. The van der Waals surface area contributed by atoms with Gasteiger partial charge in [-0.2, -0.15) is 0 Å². The minimum Gasteiger partial charge on any atom is -0.312 e. The highest BCUT2D eigenvalue weighted by molar-refractivity contribution is 5.14. The second-order valence-electron chi connectivity index (χ2n) is 5.14. The van der Waals surface area contributed by atoms with Gasteiger partial charge < -0.3 is 5.32 Å². The van der Waals surface area contributed by atoms with Gasteiger partial charge in [0.15, 0.2) is 0 Å². The topological polar surface area (TPSA) is 15.3 Å². The number of likely N-dealkylation sites (N-methyl/N-ethyl adjacent to an activating group) is 1. The lowest BCUT2D eigenvalue weighted by atomic mass is 10.0. The zero-order valence-corrected chi connectivity index (χ0v) is 11.0. The van der Waals surface area contributed by atoms with E-state index in [-0.39, 0.29) is 0 Å². The number of nitrogens with one attached hydrogen (secondary N) is 1. The van der Waals surface area contributed by atoms with E-state index in [1.54, 1.807) is 0 Å². The quantitative estimate of drug-likeness (QED) is 0.839. The Morgan fingerprint density at radius 2 is 2.06 bits per heavy atom. The number of hydrogen-bond donors (Lipinski definition) is 1. The van der Waals surface area contributed by atoms with Crippen molar-refractivity contribution < 1.29 is 0 Å². The molecule has 2 nitrogen and oxygen atoms in total. The third kappa shape index (κ3) is 3.55. The molecule has 17 heavy (non-hydrogen) atoms. The van der Waals surface area contributed by atoms with Gasteiger partial charge in [-0.25, -0.2) is 0 Å². The normalized spacial score (nSPS) is 24.4. The van der Waals surface area contributed by atoms with Gasteiger partial charge in [-0.15, -0.1) is 0 Å². The molecule has 2 rings (SSSR count). The SMILES string of the molecule is CCN(Cc1ccccc1)CC1NCCC1C. The summed E-state index contributed by atoms with van der Waals surface area (Å²) >= 11 is 0.